The lowest BCUT2D eigenvalue weighted by Crippen LogP contribution is -2.23. The molecule has 0 saturated carbocycles. The Balaban J connectivity index is 2.26. The van der Waals surface area contributed by atoms with Crippen LogP contribution >= 0.6 is 15.9 Å². The van der Waals surface area contributed by atoms with Crippen LogP contribution in [-0.4, -0.2) is 22.1 Å². The third-order valence-electron chi connectivity index (χ3n) is 2.34. The molecule has 1 aromatic rings. The zero-order valence-corrected chi connectivity index (χ0v) is 11.4. The van der Waals surface area contributed by atoms with Crippen LogP contribution in [0.3, 0.4) is 0 Å². The minimum Gasteiger partial charge on any atom is -0.406 e. The number of hydrogen-bond donors (Lipinski definition) is 0. The summed E-state index contributed by atoms with van der Waals surface area (Å²) in [5, 5.41) is 0. The molecule has 0 bridgehead atoms. The van der Waals surface area contributed by atoms with Crippen LogP contribution in [0.4, 0.5) is 18.9 Å². The maximum absolute atomic E-state index is 12.0. The second-order valence-corrected chi connectivity index (χ2v) is 7.19. The standard InChI is InChI=1S/C10H9BrF3NO2S/c11-8-6-7(17-10(12,13)14)2-3-9(8)15-18(16)4-1-5-18/h2-3,6H,1,4-5H2. The lowest BCUT2D eigenvalue weighted by molar-refractivity contribution is -0.274. The first-order valence-corrected chi connectivity index (χ1v) is 7.70. The van der Waals surface area contributed by atoms with Crippen LogP contribution in [-0.2, 0) is 9.73 Å². The zero-order valence-electron chi connectivity index (χ0n) is 9.04. The molecule has 1 saturated heterocycles. The lowest BCUT2D eigenvalue weighted by atomic mass is 10.3. The predicted octanol–water partition coefficient (Wildman–Crippen LogP) is 3.85. The quantitative estimate of drug-likeness (QED) is 0.817. The first-order valence-electron chi connectivity index (χ1n) is 5.05. The molecular weight excluding hydrogens is 335 g/mol. The van der Waals surface area contributed by atoms with Gasteiger partial charge >= 0.3 is 6.36 Å². The molecule has 0 unspecified atom stereocenters. The molecule has 1 fully saturated rings. The van der Waals surface area contributed by atoms with Gasteiger partial charge in [-0.05, 0) is 40.5 Å². The van der Waals surface area contributed by atoms with E-state index in [9.17, 15) is 17.4 Å². The third kappa shape index (κ3) is 3.38. The van der Waals surface area contributed by atoms with E-state index in [0.29, 0.717) is 21.7 Å². The van der Waals surface area contributed by atoms with Gasteiger partial charge in [0.2, 0.25) is 0 Å². The maximum Gasteiger partial charge on any atom is 0.573 e. The molecule has 1 aliphatic rings. The average Bonchev–Trinajstić information content (AvgIpc) is 2.17. The molecule has 3 nitrogen and oxygen atoms in total. The Hall–Kier alpha value is -0.760. The molecule has 0 atom stereocenters. The van der Waals surface area contributed by atoms with Gasteiger partial charge in [0.25, 0.3) is 0 Å². The molecule has 0 aromatic heterocycles. The third-order valence-corrected chi connectivity index (χ3v) is 5.36. The SMILES string of the molecule is O=S1(=Nc2ccc(OC(F)(F)F)cc2Br)CCC1. The zero-order chi connectivity index (χ0) is 13.4. The predicted molar refractivity (Wildman–Crippen MR) is 65.4 cm³/mol. The number of ether oxygens (including phenoxy) is 1. The van der Waals surface area contributed by atoms with E-state index in [-0.39, 0.29) is 5.75 Å². The highest BCUT2D eigenvalue weighted by Gasteiger charge is 2.31. The Morgan fingerprint density at radius 3 is 2.44 bits per heavy atom. The van der Waals surface area contributed by atoms with Gasteiger partial charge in [0, 0.05) is 16.0 Å². The van der Waals surface area contributed by atoms with Crippen molar-refractivity contribution in [1.29, 1.82) is 0 Å². The van der Waals surface area contributed by atoms with Crippen molar-refractivity contribution in [1.82, 2.24) is 0 Å². The normalized spacial score (nSPS) is 18.0. The van der Waals surface area contributed by atoms with Crippen molar-refractivity contribution in [2.75, 3.05) is 11.5 Å². The van der Waals surface area contributed by atoms with E-state index < -0.39 is 16.1 Å². The molecule has 0 N–H and O–H groups in total. The highest BCUT2D eigenvalue weighted by Crippen LogP contribution is 2.34. The fourth-order valence-electron chi connectivity index (χ4n) is 1.42. The first kappa shape index (κ1) is 13.7. The summed E-state index contributed by atoms with van der Waals surface area (Å²) < 4.78 is 56.1. The van der Waals surface area contributed by atoms with Crippen LogP contribution in [0, 0.1) is 0 Å². The number of rotatable bonds is 2. The summed E-state index contributed by atoms with van der Waals surface area (Å²) >= 11 is 3.09. The number of hydrogen-bond acceptors (Lipinski definition) is 3. The average molecular weight is 344 g/mol. The minimum absolute atomic E-state index is 0.332. The molecule has 0 radical (unpaired) electrons. The Kier molecular flexibility index (Phi) is 3.59. The molecule has 100 valence electrons. The molecule has 8 heteroatoms. The van der Waals surface area contributed by atoms with Gasteiger partial charge in [-0.25, -0.2) is 4.21 Å². The van der Waals surface area contributed by atoms with E-state index in [4.69, 9.17) is 0 Å². The largest absolute Gasteiger partial charge is 0.573 e. The van der Waals surface area contributed by atoms with Crippen molar-refractivity contribution >= 4 is 31.3 Å². The molecule has 1 aliphatic heterocycles. The molecule has 1 heterocycles. The van der Waals surface area contributed by atoms with Gasteiger partial charge < -0.3 is 4.74 Å². The number of alkyl halides is 3. The second-order valence-electron chi connectivity index (χ2n) is 3.79. The number of nitrogens with zero attached hydrogens (tertiary/aromatic N) is 1. The van der Waals surface area contributed by atoms with Crippen LogP contribution in [0.1, 0.15) is 6.42 Å². The highest BCUT2D eigenvalue weighted by molar-refractivity contribution is 9.10. The summed E-state index contributed by atoms with van der Waals surface area (Å²) in [7, 11) is -2.18. The van der Waals surface area contributed by atoms with Crippen LogP contribution in [0.2, 0.25) is 0 Å². The van der Waals surface area contributed by atoms with Crippen molar-refractivity contribution in [3.63, 3.8) is 0 Å². The fraction of sp³-hybridized carbons (Fsp3) is 0.400. The van der Waals surface area contributed by atoms with Gasteiger partial charge in [0.05, 0.1) is 15.4 Å². The van der Waals surface area contributed by atoms with Crippen molar-refractivity contribution in [2.24, 2.45) is 4.36 Å². The monoisotopic (exact) mass is 343 g/mol. The number of halogens is 4. The van der Waals surface area contributed by atoms with Gasteiger partial charge in [0.1, 0.15) is 5.75 Å². The summed E-state index contributed by atoms with van der Waals surface area (Å²) in [5.41, 5.74) is 0.384. The fourth-order valence-corrected chi connectivity index (χ4v) is 3.47. The summed E-state index contributed by atoms with van der Waals surface area (Å²) in [5.74, 6) is 0.748. The highest BCUT2D eigenvalue weighted by atomic mass is 79.9. The van der Waals surface area contributed by atoms with Gasteiger partial charge in [-0.2, -0.15) is 4.36 Å². The van der Waals surface area contributed by atoms with Crippen molar-refractivity contribution < 1.29 is 22.1 Å². The van der Waals surface area contributed by atoms with Crippen LogP contribution in [0.15, 0.2) is 27.0 Å². The first-order chi connectivity index (χ1) is 8.27. The summed E-state index contributed by atoms with van der Waals surface area (Å²) in [6.07, 6.45) is -3.85. The van der Waals surface area contributed by atoms with Crippen molar-refractivity contribution in [2.45, 2.75) is 12.8 Å². The molecular formula is C10H9BrF3NO2S. The maximum atomic E-state index is 12.0. The molecule has 18 heavy (non-hydrogen) atoms. The van der Waals surface area contributed by atoms with E-state index >= 15 is 0 Å². The second kappa shape index (κ2) is 4.73. The lowest BCUT2D eigenvalue weighted by Gasteiger charge is -2.18. The van der Waals surface area contributed by atoms with Crippen LogP contribution in [0.25, 0.3) is 0 Å². The molecule has 1 aromatic carbocycles. The summed E-state index contributed by atoms with van der Waals surface area (Å²) in [6, 6.07) is 3.67. The Morgan fingerprint density at radius 2 is 2.00 bits per heavy atom. The van der Waals surface area contributed by atoms with Crippen molar-refractivity contribution in [3.05, 3.63) is 22.7 Å². The Morgan fingerprint density at radius 1 is 1.33 bits per heavy atom. The smallest absolute Gasteiger partial charge is 0.406 e. The number of benzene rings is 1. The van der Waals surface area contributed by atoms with Gasteiger partial charge in [-0.1, -0.05) is 0 Å². The van der Waals surface area contributed by atoms with Gasteiger partial charge in [-0.15, -0.1) is 13.2 Å². The molecule has 0 amide bonds. The van der Waals surface area contributed by atoms with Gasteiger partial charge in [0.15, 0.2) is 0 Å². The Labute approximate surface area is 111 Å². The van der Waals surface area contributed by atoms with E-state index in [1.54, 1.807) is 0 Å². The summed E-state index contributed by atoms with van der Waals surface area (Å²) in [4.78, 5) is 0. The summed E-state index contributed by atoms with van der Waals surface area (Å²) in [6.45, 7) is 0. The Bertz CT molecular complexity index is 569. The van der Waals surface area contributed by atoms with E-state index in [0.717, 1.165) is 18.6 Å². The molecule has 0 aliphatic carbocycles. The van der Waals surface area contributed by atoms with Crippen LogP contribution in [0.5, 0.6) is 5.75 Å². The van der Waals surface area contributed by atoms with E-state index in [1.807, 2.05) is 0 Å². The van der Waals surface area contributed by atoms with Crippen molar-refractivity contribution in [3.8, 4) is 5.75 Å². The molecule has 2 rings (SSSR count). The molecule has 0 spiro atoms. The minimum atomic E-state index is -4.73. The topological polar surface area (TPSA) is 38.7 Å². The van der Waals surface area contributed by atoms with E-state index in [1.165, 1.54) is 6.07 Å². The van der Waals surface area contributed by atoms with Crippen LogP contribution < -0.4 is 4.74 Å². The van der Waals surface area contributed by atoms with E-state index in [2.05, 4.69) is 25.0 Å². The van der Waals surface area contributed by atoms with Gasteiger partial charge in [-0.3, -0.25) is 0 Å².